The van der Waals surface area contributed by atoms with Gasteiger partial charge in [-0.25, -0.2) is 0 Å². The lowest BCUT2D eigenvalue weighted by Gasteiger charge is -2.29. The summed E-state index contributed by atoms with van der Waals surface area (Å²) in [5.41, 5.74) is 6.08. The van der Waals surface area contributed by atoms with Gasteiger partial charge in [0.05, 0.1) is 5.54 Å². The Bertz CT molecular complexity index is 389. The van der Waals surface area contributed by atoms with Crippen LogP contribution in [0.5, 0.6) is 0 Å². The van der Waals surface area contributed by atoms with E-state index in [0.29, 0.717) is 11.8 Å². The summed E-state index contributed by atoms with van der Waals surface area (Å²) in [7, 11) is 0. The summed E-state index contributed by atoms with van der Waals surface area (Å²) in [6.07, 6.45) is 12.0. The van der Waals surface area contributed by atoms with Crippen LogP contribution in [0.2, 0.25) is 0 Å². The smallest absolute Gasteiger partial charge is 0.246 e. The molecule has 2 aliphatic carbocycles. The van der Waals surface area contributed by atoms with Gasteiger partial charge in [-0.1, -0.05) is 43.7 Å². The van der Waals surface area contributed by atoms with Crippen molar-refractivity contribution in [3.63, 3.8) is 0 Å². The number of hydrogen-bond donors (Lipinski definition) is 1. The standard InChI is InChI=1S/C14H23N3O/c15-14(9-5-2-6-10-14)13-16-12(17-18-13)11-7-3-1-4-8-11/h11H,1-10,15H2. The van der Waals surface area contributed by atoms with E-state index in [9.17, 15) is 0 Å². The normalized spacial score (nSPS) is 25.2. The molecule has 0 amide bonds. The summed E-state index contributed by atoms with van der Waals surface area (Å²) >= 11 is 0. The molecule has 4 heteroatoms. The average Bonchev–Trinajstić information content (AvgIpc) is 2.91. The lowest BCUT2D eigenvalue weighted by atomic mass is 9.82. The molecule has 0 saturated heterocycles. The van der Waals surface area contributed by atoms with Gasteiger partial charge in [-0.3, -0.25) is 0 Å². The van der Waals surface area contributed by atoms with Crippen LogP contribution in [0.25, 0.3) is 0 Å². The van der Waals surface area contributed by atoms with Gasteiger partial charge in [0.15, 0.2) is 5.82 Å². The van der Waals surface area contributed by atoms with Crippen molar-refractivity contribution in [2.24, 2.45) is 5.73 Å². The summed E-state index contributed by atoms with van der Waals surface area (Å²) in [5.74, 6) is 2.09. The fourth-order valence-electron chi connectivity index (χ4n) is 3.36. The fourth-order valence-corrected chi connectivity index (χ4v) is 3.36. The highest BCUT2D eigenvalue weighted by Crippen LogP contribution is 2.36. The minimum absolute atomic E-state index is 0.349. The molecule has 0 atom stereocenters. The van der Waals surface area contributed by atoms with Gasteiger partial charge >= 0.3 is 0 Å². The van der Waals surface area contributed by atoms with Gasteiger partial charge < -0.3 is 10.3 Å². The van der Waals surface area contributed by atoms with Crippen LogP contribution in [0.15, 0.2) is 4.52 Å². The molecular formula is C14H23N3O. The van der Waals surface area contributed by atoms with Crippen molar-refractivity contribution in [1.82, 2.24) is 10.1 Å². The van der Waals surface area contributed by atoms with Crippen LogP contribution in [0, 0.1) is 0 Å². The van der Waals surface area contributed by atoms with Crippen molar-refractivity contribution in [2.75, 3.05) is 0 Å². The van der Waals surface area contributed by atoms with Gasteiger partial charge in [0.1, 0.15) is 0 Å². The molecule has 0 aromatic carbocycles. The van der Waals surface area contributed by atoms with Gasteiger partial charge in [-0.2, -0.15) is 4.98 Å². The van der Waals surface area contributed by atoms with E-state index in [1.54, 1.807) is 0 Å². The van der Waals surface area contributed by atoms with E-state index >= 15 is 0 Å². The van der Waals surface area contributed by atoms with Crippen LogP contribution < -0.4 is 5.73 Å². The van der Waals surface area contributed by atoms with Crippen LogP contribution in [0.3, 0.4) is 0 Å². The minimum Gasteiger partial charge on any atom is -0.337 e. The van der Waals surface area contributed by atoms with E-state index in [0.717, 1.165) is 18.7 Å². The Balaban J connectivity index is 1.75. The molecule has 18 heavy (non-hydrogen) atoms. The van der Waals surface area contributed by atoms with Gasteiger partial charge in [0.2, 0.25) is 5.89 Å². The van der Waals surface area contributed by atoms with Crippen LogP contribution in [-0.4, -0.2) is 10.1 Å². The zero-order valence-corrected chi connectivity index (χ0v) is 11.0. The Morgan fingerprint density at radius 1 is 1.00 bits per heavy atom. The maximum absolute atomic E-state index is 6.43. The van der Waals surface area contributed by atoms with Gasteiger partial charge in [-0.05, 0) is 25.7 Å². The first-order chi connectivity index (χ1) is 8.78. The van der Waals surface area contributed by atoms with E-state index in [-0.39, 0.29) is 5.54 Å². The van der Waals surface area contributed by atoms with E-state index in [2.05, 4.69) is 10.1 Å². The lowest BCUT2D eigenvalue weighted by molar-refractivity contribution is 0.219. The number of rotatable bonds is 2. The third kappa shape index (κ3) is 2.30. The van der Waals surface area contributed by atoms with Crippen LogP contribution >= 0.6 is 0 Å². The molecule has 3 rings (SSSR count). The monoisotopic (exact) mass is 249 g/mol. The second-order valence-corrected chi connectivity index (χ2v) is 6.01. The number of nitrogens with two attached hydrogens (primary N) is 1. The minimum atomic E-state index is -0.349. The molecule has 0 spiro atoms. The summed E-state index contributed by atoms with van der Waals surface area (Å²) in [5, 5.41) is 4.19. The van der Waals surface area contributed by atoms with Crippen LogP contribution in [0.1, 0.15) is 81.8 Å². The maximum Gasteiger partial charge on any atom is 0.246 e. The number of nitrogens with zero attached hydrogens (tertiary/aromatic N) is 2. The second-order valence-electron chi connectivity index (χ2n) is 6.01. The number of aromatic nitrogens is 2. The molecule has 2 fully saturated rings. The van der Waals surface area contributed by atoms with E-state index in [1.807, 2.05) is 0 Å². The molecule has 1 aromatic heterocycles. The van der Waals surface area contributed by atoms with Crippen molar-refractivity contribution in [3.05, 3.63) is 11.7 Å². The zero-order chi connectivity index (χ0) is 12.4. The highest BCUT2D eigenvalue weighted by atomic mass is 16.5. The van der Waals surface area contributed by atoms with E-state index in [1.165, 1.54) is 51.4 Å². The molecule has 1 heterocycles. The summed E-state index contributed by atoms with van der Waals surface area (Å²) in [4.78, 5) is 4.63. The molecular weight excluding hydrogens is 226 g/mol. The van der Waals surface area contributed by atoms with Gasteiger partial charge in [0.25, 0.3) is 0 Å². The molecule has 2 aliphatic rings. The fraction of sp³-hybridized carbons (Fsp3) is 0.857. The predicted molar refractivity (Wildman–Crippen MR) is 69.1 cm³/mol. The Labute approximate surface area is 108 Å². The first-order valence-corrected chi connectivity index (χ1v) is 7.41. The van der Waals surface area contributed by atoms with Crippen molar-refractivity contribution in [3.8, 4) is 0 Å². The van der Waals surface area contributed by atoms with Crippen molar-refractivity contribution >= 4 is 0 Å². The van der Waals surface area contributed by atoms with E-state index < -0.39 is 0 Å². The molecule has 0 bridgehead atoms. The second kappa shape index (κ2) is 5.00. The number of hydrogen-bond acceptors (Lipinski definition) is 4. The predicted octanol–water partition coefficient (Wildman–Crippen LogP) is 3.24. The molecule has 0 aliphatic heterocycles. The molecule has 4 nitrogen and oxygen atoms in total. The molecule has 2 N–H and O–H groups in total. The first-order valence-electron chi connectivity index (χ1n) is 7.41. The Hall–Kier alpha value is -0.900. The van der Waals surface area contributed by atoms with Gasteiger partial charge in [0, 0.05) is 5.92 Å². The quantitative estimate of drug-likeness (QED) is 0.874. The molecule has 0 radical (unpaired) electrons. The molecule has 1 aromatic rings. The lowest BCUT2D eigenvalue weighted by Crippen LogP contribution is -2.39. The first kappa shape index (κ1) is 12.2. The summed E-state index contributed by atoms with van der Waals surface area (Å²) < 4.78 is 5.47. The Morgan fingerprint density at radius 2 is 1.67 bits per heavy atom. The largest absolute Gasteiger partial charge is 0.337 e. The highest BCUT2D eigenvalue weighted by molar-refractivity contribution is 5.06. The summed E-state index contributed by atoms with van der Waals surface area (Å²) in [6.45, 7) is 0. The van der Waals surface area contributed by atoms with Gasteiger partial charge in [-0.15, -0.1) is 0 Å². The van der Waals surface area contributed by atoms with Crippen molar-refractivity contribution in [1.29, 1.82) is 0 Å². The molecule has 0 unspecified atom stereocenters. The summed E-state index contributed by atoms with van der Waals surface area (Å²) in [6, 6.07) is 0. The van der Waals surface area contributed by atoms with Crippen LogP contribution in [0.4, 0.5) is 0 Å². The van der Waals surface area contributed by atoms with Crippen LogP contribution in [-0.2, 0) is 5.54 Å². The third-order valence-corrected chi connectivity index (χ3v) is 4.58. The average molecular weight is 249 g/mol. The zero-order valence-electron chi connectivity index (χ0n) is 11.0. The molecule has 100 valence electrons. The van der Waals surface area contributed by atoms with E-state index in [4.69, 9.17) is 10.3 Å². The van der Waals surface area contributed by atoms with Crippen molar-refractivity contribution < 1.29 is 4.52 Å². The molecule has 2 saturated carbocycles. The Kier molecular flexibility index (Phi) is 3.37. The Morgan fingerprint density at radius 3 is 2.39 bits per heavy atom. The third-order valence-electron chi connectivity index (χ3n) is 4.58. The maximum atomic E-state index is 6.43. The topological polar surface area (TPSA) is 64.9 Å². The SMILES string of the molecule is NC1(c2nc(C3CCCCC3)no2)CCCCC1. The van der Waals surface area contributed by atoms with Crippen molar-refractivity contribution in [2.45, 2.75) is 75.7 Å². The highest BCUT2D eigenvalue weighted by Gasteiger charge is 2.35.